The topological polar surface area (TPSA) is 60.9 Å². The van der Waals surface area contributed by atoms with Crippen LogP contribution < -0.4 is 0 Å². The molecule has 3 aliphatic carbocycles. The lowest BCUT2D eigenvalue weighted by Gasteiger charge is -2.22. The Morgan fingerprint density at radius 1 is 1.12 bits per heavy atom. The largest absolute Gasteiger partial charge is 0.483 e. The second-order valence-electron chi connectivity index (χ2n) is 7.78. The zero-order chi connectivity index (χ0) is 17.8. The molecule has 0 radical (unpaired) electrons. The predicted octanol–water partition coefficient (Wildman–Crippen LogP) is 1.93. The molecule has 1 saturated heterocycles. The van der Waals surface area contributed by atoms with E-state index in [1.165, 1.54) is 19.3 Å². The van der Waals surface area contributed by atoms with E-state index in [2.05, 4.69) is 28.6 Å². The lowest BCUT2D eigenvalue weighted by atomic mass is 10.0. The number of hydrogen-bond acceptors (Lipinski definition) is 3. The molecule has 4 aliphatic rings. The van der Waals surface area contributed by atoms with E-state index in [0.29, 0.717) is 11.8 Å². The van der Waals surface area contributed by atoms with E-state index in [1.807, 2.05) is 0 Å². The molecule has 0 aromatic rings. The molecule has 3 saturated carbocycles. The van der Waals surface area contributed by atoms with Crippen molar-refractivity contribution in [3.05, 3.63) is 0 Å². The van der Waals surface area contributed by atoms with Gasteiger partial charge in [-0.3, -0.25) is 14.5 Å². The summed E-state index contributed by atoms with van der Waals surface area (Å²) in [4.78, 5) is 25.8. The molecule has 1 aliphatic heterocycles. The SMILES string of the molecule is CCC#CCN1CCCN(C(=O)C2[C@@H]3[C@H]4CC[C@H](C4)[C@H]23)CC1.O=CO. The van der Waals surface area contributed by atoms with Crippen molar-refractivity contribution < 1.29 is 14.7 Å². The summed E-state index contributed by atoms with van der Waals surface area (Å²) in [5.41, 5.74) is 0. The number of fused-ring (bicyclic) bond motifs is 5. The number of carboxylic acid groups (broad SMARTS) is 1. The minimum absolute atomic E-state index is 0.250. The molecule has 2 bridgehead atoms. The van der Waals surface area contributed by atoms with Crippen LogP contribution in [0.25, 0.3) is 0 Å². The average Bonchev–Trinajstić information content (AvgIpc) is 3.16. The normalized spacial score (nSPS) is 35.6. The van der Waals surface area contributed by atoms with Crippen molar-refractivity contribution in [1.29, 1.82) is 0 Å². The summed E-state index contributed by atoms with van der Waals surface area (Å²) in [6.45, 7) is 6.67. The van der Waals surface area contributed by atoms with E-state index >= 15 is 0 Å². The van der Waals surface area contributed by atoms with Crippen LogP contribution in [0.3, 0.4) is 0 Å². The summed E-state index contributed by atoms with van der Waals surface area (Å²) in [6.07, 6.45) is 6.28. The van der Waals surface area contributed by atoms with Gasteiger partial charge >= 0.3 is 0 Å². The molecular weight excluding hydrogens is 316 g/mol. The van der Waals surface area contributed by atoms with Crippen LogP contribution in [0.2, 0.25) is 0 Å². The fourth-order valence-electron chi connectivity index (χ4n) is 5.51. The van der Waals surface area contributed by atoms with Gasteiger partial charge < -0.3 is 10.0 Å². The van der Waals surface area contributed by atoms with E-state index in [-0.39, 0.29) is 6.47 Å². The van der Waals surface area contributed by atoms with Gasteiger partial charge in [0.2, 0.25) is 5.91 Å². The predicted molar refractivity (Wildman–Crippen MR) is 95.7 cm³/mol. The van der Waals surface area contributed by atoms with Gasteiger partial charge in [-0.25, -0.2) is 0 Å². The van der Waals surface area contributed by atoms with Crippen LogP contribution in [0.5, 0.6) is 0 Å². The molecule has 0 spiro atoms. The molecule has 1 amide bonds. The smallest absolute Gasteiger partial charge is 0.290 e. The summed E-state index contributed by atoms with van der Waals surface area (Å²) >= 11 is 0. The number of hydrogen-bond donors (Lipinski definition) is 1. The molecule has 0 aromatic carbocycles. The highest BCUT2D eigenvalue weighted by molar-refractivity contribution is 5.83. The first-order valence-electron chi connectivity index (χ1n) is 9.76. The molecular formula is C20H30N2O3. The van der Waals surface area contributed by atoms with Crippen molar-refractivity contribution in [3.63, 3.8) is 0 Å². The lowest BCUT2D eigenvalue weighted by Crippen LogP contribution is -2.37. The third kappa shape index (κ3) is 3.84. The first-order valence-corrected chi connectivity index (χ1v) is 9.76. The molecule has 1 heterocycles. The van der Waals surface area contributed by atoms with Crippen LogP contribution >= 0.6 is 0 Å². The molecule has 0 aromatic heterocycles. The van der Waals surface area contributed by atoms with Crippen molar-refractivity contribution in [1.82, 2.24) is 9.80 Å². The monoisotopic (exact) mass is 346 g/mol. The molecule has 5 heteroatoms. The second kappa shape index (κ2) is 8.23. The minimum Gasteiger partial charge on any atom is -0.483 e. The Morgan fingerprint density at radius 3 is 2.44 bits per heavy atom. The number of rotatable bonds is 2. The number of carbonyl (C=O) groups excluding carboxylic acids is 1. The highest BCUT2D eigenvalue weighted by Crippen LogP contribution is 2.69. The third-order valence-corrected chi connectivity index (χ3v) is 6.53. The van der Waals surface area contributed by atoms with Crippen LogP contribution in [0.15, 0.2) is 0 Å². The van der Waals surface area contributed by atoms with Crippen LogP contribution in [-0.2, 0) is 9.59 Å². The lowest BCUT2D eigenvalue weighted by molar-refractivity contribution is -0.133. The maximum atomic E-state index is 12.9. The number of nitrogens with zero attached hydrogens (tertiary/aromatic N) is 2. The maximum absolute atomic E-state index is 12.9. The molecule has 4 fully saturated rings. The van der Waals surface area contributed by atoms with Gasteiger partial charge in [-0.2, -0.15) is 0 Å². The quantitative estimate of drug-likeness (QED) is 0.613. The van der Waals surface area contributed by atoms with Crippen molar-refractivity contribution in [2.75, 3.05) is 32.7 Å². The summed E-state index contributed by atoms with van der Waals surface area (Å²) < 4.78 is 0. The van der Waals surface area contributed by atoms with Gasteiger partial charge in [0.1, 0.15) is 0 Å². The fourth-order valence-corrected chi connectivity index (χ4v) is 5.51. The van der Waals surface area contributed by atoms with Gasteiger partial charge in [-0.05, 0) is 49.4 Å². The van der Waals surface area contributed by atoms with Gasteiger partial charge in [0.05, 0.1) is 6.54 Å². The highest BCUT2D eigenvalue weighted by atomic mass is 16.3. The van der Waals surface area contributed by atoms with E-state index in [4.69, 9.17) is 9.90 Å². The summed E-state index contributed by atoms with van der Waals surface area (Å²) in [5.74, 6) is 10.7. The van der Waals surface area contributed by atoms with Gasteiger partial charge in [-0.1, -0.05) is 12.8 Å². The summed E-state index contributed by atoms with van der Waals surface area (Å²) in [6, 6.07) is 0. The van der Waals surface area contributed by atoms with E-state index in [0.717, 1.165) is 69.2 Å². The third-order valence-electron chi connectivity index (χ3n) is 6.53. The number of amides is 1. The molecule has 5 atom stereocenters. The van der Waals surface area contributed by atoms with Crippen LogP contribution in [0.4, 0.5) is 0 Å². The molecule has 138 valence electrons. The maximum Gasteiger partial charge on any atom is 0.290 e. The van der Waals surface area contributed by atoms with Crippen LogP contribution in [-0.4, -0.2) is 60.0 Å². The standard InChI is InChI=1S/C19H28N2O.CH2O2/c1-2-3-4-8-20-9-5-10-21(12-11-20)19(22)18-16-14-6-7-15(13-14)17(16)18;2-1-3/h14-18H,2,5-13H2,1H3;1H,(H,2,3)/t14-,15+,16+,17-,18?;. The van der Waals surface area contributed by atoms with Crippen LogP contribution in [0, 0.1) is 41.4 Å². The van der Waals surface area contributed by atoms with Crippen LogP contribution in [0.1, 0.15) is 39.0 Å². The Kier molecular flexibility index (Phi) is 6.01. The second-order valence-corrected chi connectivity index (χ2v) is 7.78. The Balaban J connectivity index is 0.000000569. The van der Waals surface area contributed by atoms with Gasteiger partial charge in [0.25, 0.3) is 6.47 Å². The molecule has 1 N–H and O–H groups in total. The van der Waals surface area contributed by atoms with Gasteiger partial charge in [0.15, 0.2) is 0 Å². The first-order chi connectivity index (χ1) is 12.2. The Hall–Kier alpha value is -1.54. The molecule has 25 heavy (non-hydrogen) atoms. The zero-order valence-corrected chi connectivity index (χ0v) is 15.2. The van der Waals surface area contributed by atoms with Crippen molar-refractivity contribution in [3.8, 4) is 11.8 Å². The summed E-state index contributed by atoms with van der Waals surface area (Å²) in [7, 11) is 0. The Labute approximate surface area is 150 Å². The van der Waals surface area contributed by atoms with Crippen molar-refractivity contribution in [2.45, 2.75) is 39.0 Å². The zero-order valence-electron chi connectivity index (χ0n) is 15.2. The van der Waals surface area contributed by atoms with E-state index in [9.17, 15) is 4.79 Å². The minimum atomic E-state index is -0.250. The molecule has 1 unspecified atom stereocenters. The molecule has 5 nitrogen and oxygen atoms in total. The average molecular weight is 346 g/mol. The highest BCUT2D eigenvalue weighted by Gasteiger charge is 2.67. The molecule has 4 rings (SSSR count). The van der Waals surface area contributed by atoms with E-state index in [1.54, 1.807) is 0 Å². The summed E-state index contributed by atoms with van der Waals surface area (Å²) in [5, 5.41) is 6.89. The number of carbonyl (C=O) groups is 2. The van der Waals surface area contributed by atoms with Gasteiger partial charge in [-0.15, -0.1) is 5.92 Å². The van der Waals surface area contributed by atoms with Crippen molar-refractivity contribution >= 4 is 12.4 Å². The van der Waals surface area contributed by atoms with Crippen molar-refractivity contribution in [2.24, 2.45) is 29.6 Å². The van der Waals surface area contributed by atoms with E-state index < -0.39 is 0 Å². The Morgan fingerprint density at radius 2 is 1.80 bits per heavy atom. The first kappa shape index (κ1) is 18.3. The Bertz CT molecular complexity index is 537. The fraction of sp³-hybridized carbons (Fsp3) is 0.800. The van der Waals surface area contributed by atoms with Gasteiger partial charge in [0, 0.05) is 38.5 Å².